The van der Waals surface area contributed by atoms with E-state index >= 15 is 0 Å². The standard InChI is InChI=1S/C51H88NO7P/c1-3-5-7-9-11-13-15-17-19-21-22-23-24-25-26-27-29-31-33-35-37-39-41-43-46-56-48-50(49-58-60(54,55)57-47-45-52)59-51(53)44-42-40-38-36-34-32-30-28-20-18-16-14-12-10-8-6-4-2/h5,7,11,13,17-20,22-23,25-26,29,31,35,37,50H,3-4,6,8-10,12,14-16,21,24,27-28,30,32-34,36,38-49,52H2,1-2H3,(H,54,55)/b7-5-,13-11-,19-17-,20-18-,23-22-,26-25-,31-29-,37-35-. The number of rotatable bonds is 44. The average molecular weight is 858 g/mol. The Balaban J connectivity index is 4.12. The number of phosphoric ester groups is 1. The first-order valence-corrected chi connectivity index (χ1v) is 25.2. The first-order valence-electron chi connectivity index (χ1n) is 23.7. The van der Waals surface area contributed by atoms with Crippen molar-refractivity contribution in [3.8, 4) is 0 Å². The lowest BCUT2D eigenvalue weighted by atomic mass is 10.1. The van der Waals surface area contributed by atoms with Crippen molar-refractivity contribution in [3.05, 3.63) is 97.2 Å². The van der Waals surface area contributed by atoms with Crippen molar-refractivity contribution < 1.29 is 32.8 Å². The number of hydrogen-bond donors (Lipinski definition) is 2. The van der Waals surface area contributed by atoms with Gasteiger partial charge in [-0.3, -0.25) is 13.8 Å². The van der Waals surface area contributed by atoms with Crippen LogP contribution >= 0.6 is 7.82 Å². The van der Waals surface area contributed by atoms with E-state index in [2.05, 4.69) is 111 Å². The van der Waals surface area contributed by atoms with Crippen LogP contribution in [0, 0.1) is 0 Å². The average Bonchev–Trinajstić information content (AvgIpc) is 3.24. The molecule has 0 saturated heterocycles. The van der Waals surface area contributed by atoms with Crippen LogP contribution in [0.4, 0.5) is 0 Å². The van der Waals surface area contributed by atoms with Crippen LogP contribution in [0.5, 0.6) is 0 Å². The number of ether oxygens (including phenoxy) is 2. The summed E-state index contributed by atoms with van der Waals surface area (Å²) in [5.41, 5.74) is 5.38. The van der Waals surface area contributed by atoms with E-state index in [9.17, 15) is 14.3 Å². The highest BCUT2D eigenvalue weighted by Crippen LogP contribution is 2.43. The molecule has 9 heteroatoms. The molecule has 0 fully saturated rings. The molecule has 0 rings (SSSR count). The van der Waals surface area contributed by atoms with Gasteiger partial charge in [-0.25, -0.2) is 4.57 Å². The molecular formula is C51H88NO7P. The summed E-state index contributed by atoms with van der Waals surface area (Å²) in [5, 5.41) is 0. The number of esters is 1. The molecule has 0 heterocycles. The highest BCUT2D eigenvalue weighted by atomic mass is 31.2. The molecule has 0 aliphatic carbocycles. The molecule has 0 aromatic carbocycles. The van der Waals surface area contributed by atoms with E-state index in [0.717, 1.165) is 83.5 Å². The van der Waals surface area contributed by atoms with Gasteiger partial charge in [-0.2, -0.15) is 0 Å². The van der Waals surface area contributed by atoms with Crippen LogP contribution in [-0.4, -0.2) is 49.9 Å². The van der Waals surface area contributed by atoms with Crippen LogP contribution in [0.15, 0.2) is 97.2 Å². The molecule has 0 saturated carbocycles. The van der Waals surface area contributed by atoms with Gasteiger partial charge in [0.05, 0.1) is 19.8 Å². The Morgan fingerprint density at radius 1 is 0.517 bits per heavy atom. The Labute approximate surface area is 368 Å². The minimum absolute atomic E-state index is 0.0788. The number of nitrogens with two attached hydrogens (primary N) is 1. The van der Waals surface area contributed by atoms with E-state index in [0.29, 0.717) is 13.0 Å². The number of hydrogen-bond acceptors (Lipinski definition) is 7. The number of allylic oxidation sites excluding steroid dienone is 16. The van der Waals surface area contributed by atoms with Gasteiger partial charge in [-0.1, -0.05) is 175 Å². The largest absolute Gasteiger partial charge is 0.472 e. The van der Waals surface area contributed by atoms with Crippen molar-refractivity contribution in [2.45, 2.75) is 187 Å². The lowest BCUT2D eigenvalue weighted by Crippen LogP contribution is -2.28. The fourth-order valence-corrected chi connectivity index (χ4v) is 6.79. The van der Waals surface area contributed by atoms with Gasteiger partial charge in [0.2, 0.25) is 0 Å². The van der Waals surface area contributed by atoms with Crippen molar-refractivity contribution in [2.75, 3.05) is 33.0 Å². The quantitative estimate of drug-likeness (QED) is 0.0269. The third-order valence-electron chi connectivity index (χ3n) is 9.49. The molecule has 344 valence electrons. The van der Waals surface area contributed by atoms with Crippen molar-refractivity contribution >= 4 is 13.8 Å². The molecule has 2 unspecified atom stereocenters. The lowest BCUT2D eigenvalue weighted by Gasteiger charge is -2.20. The summed E-state index contributed by atoms with van der Waals surface area (Å²) in [6.45, 7) is 4.67. The molecule has 0 aliphatic rings. The summed E-state index contributed by atoms with van der Waals surface area (Å²) < 4.78 is 33.4. The zero-order valence-electron chi connectivity index (χ0n) is 38.2. The van der Waals surface area contributed by atoms with Crippen LogP contribution in [0.25, 0.3) is 0 Å². The van der Waals surface area contributed by atoms with Crippen molar-refractivity contribution in [3.63, 3.8) is 0 Å². The van der Waals surface area contributed by atoms with E-state index in [4.69, 9.17) is 24.3 Å². The monoisotopic (exact) mass is 858 g/mol. The highest BCUT2D eigenvalue weighted by Gasteiger charge is 2.25. The van der Waals surface area contributed by atoms with Crippen LogP contribution in [0.3, 0.4) is 0 Å². The third-order valence-corrected chi connectivity index (χ3v) is 10.5. The maximum absolute atomic E-state index is 12.6. The van der Waals surface area contributed by atoms with Gasteiger partial charge in [-0.15, -0.1) is 0 Å². The van der Waals surface area contributed by atoms with E-state index in [1.54, 1.807) is 0 Å². The van der Waals surface area contributed by atoms with Gasteiger partial charge in [-0.05, 0) is 96.3 Å². The molecule has 2 atom stereocenters. The molecule has 0 aromatic rings. The smallest absolute Gasteiger partial charge is 0.457 e. The summed E-state index contributed by atoms with van der Waals surface area (Å²) in [5.74, 6) is -0.354. The highest BCUT2D eigenvalue weighted by molar-refractivity contribution is 7.47. The van der Waals surface area contributed by atoms with Crippen molar-refractivity contribution in [1.82, 2.24) is 0 Å². The number of carbonyl (C=O) groups is 1. The van der Waals surface area contributed by atoms with Crippen LogP contribution in [-0.2, 0) is 27.9 Å². The summed E-state index contributed by atoms with van der Waals surface area (Å²) in [6.07, 6.45) is 62.9. The molecular weight excluding hydrogens is 770 g/mol. The van der Waals surface area contributed by atoms with Gasteiger partial charge in [0.1, 0.15) is 6.10 Å². The second kappa shape index (κ2) is 47.5. The molecule has 8 nitrogen and oxygen atoms in total. The second-order valence-corrected chi connectivity index (χ2v) is 16.7. The van der Waals surface area contributed by atoms with Gasteiger partial charge in [0.25, 0.3) is 0 Å². The Hall–Kier alpha value is -2.58. The van der Waals surface area contributed by atoms with Gasteiger partial charge in [0, 0.05) is 19.6 Å². The topological polar surface area (TPSA) is 117 Å². The van der Waals surface area contributed by atoms with Crippen LogP contribution in [0.2, 0.25) is 0 Å². The van der Waals surface area contributed by atoms with Crippen LogP contribution in [0.1, 0.15) is 181 Å². The predicted octanol–water partition coefficient (Wildman–Crippen LogP) is 14.6. The second-order valence-electron chi connectivity index (χ2n) is 15.2. The van der Waals surface area contributed by atoms with E-state index in [1.165, 1.54) is 77.0 Å². The minimum Gasteiger partial charge on any atom is -0.457 e. The van der Waals surface area contributed by atoms with E-state index in [1.807, 2.05) is 0 Å². The molecule has 0 spiro atoms. The molecule has 0 aromatic heterocycles. The summed E-state index contributed by atoms with van der Waals surface area (Å²) in [6, 6.07) is 0. The van der Waals surface area contributed by atoms with Crippen LogP contribution < -0.4 is 5.73 Å². The number of carbonyl (C=O) groups excluding carboxylic acids is 1. The molecule has 0 radical (unpaired) electrons. The number of phosphoric acid groups is 1. The molecule has 0 bridgehead atoms. The Kier molecular flexibility index (Phi) is 45.4. The summed E-state index contributed by atoms with van der Waals surface area (Å²) in [7, 11) is -4.30. The van der Waals surface area contributed by atoms with Gasteiger partial charge < -0.3 is 20.1 Å². The molecule has 3 N–H and O–H groups in total. The maximum atomic E-state index is 12.6. The SMILES string of the molecule is CC/C=C\C/C=C\C/C=C\C/C=C\C/C=C\C/C=C\C/C=C\CCCCOCC(COP(=O)(O)OCCN)OC(=O)CCCCCCCCC/C=C\CCCCCCCC. The van der Waals surface area contributed by atoms with E-state index in [-0.39, 0.29) is 32.3 Å². The Bertz CT molecular complexity index is 1240. The van der Waals surface area contributed by atoms with Crippen molar-refractivity contribution in [1.29, 1.82) is 0 Å². The zero-order chi connectivity index (χ0) is 43.7. The summed E-state index contributed by atoms with van der Waals surface area (Å²) in [4.78, 5) is 22.5. The zero-order valence-corrected chi connectivity index (χ0v) is 39.1. The minimum atomic E-state index is -4.30. The van der Waals surface area contributed by atoms with Gasteiger partial charge >= 0.3 is 13.8 Å². The van der Waals surface area contributed by atoms with E-state index < -0.39 is 13.9 Å². The molecule has 60 heavy (non-hydrogen) atoms. The van der Waals surface area contributed by atoms with Crippen molar-refractivity contribution in [2.24, 2.45) is 5.73 Å². The molecule has 0 amide bonds. The normalized spacial score (nSPS) is 14.3. The lowest BCUT2D eigenvalue weighted by molar-refractivity contribution is -0.154. The first-order chi connectivity index (χ1) is 29.4. The molecule has 0 aliphatic heterocycles. The fraction of sp³-hybridized carbons (Fsp3) is 0.667. The predicted molar refractivity (Wildman–Crippen MR) is 256 cm³/mol. The number of unbranched alkanes of at least 4 members (excludes halogenated alkanes) is 15. The third kappa shape index (κ3) is 46.5. The fourth-order valence-electron chi connectivity index (χ4n) is 6.03. The first kappa shape index (κ1) is 57.4. The van der Waals surface area contributed by atoms with Gasteiger partial charge in [0.15, 0.2) is 0 Å². The Morgan fingerprint density at radius 2 is 0.933 bits per heavy atom. The summed E-state index contributed by atoms with van der Waals surface area (Å²) >= 11 is 0. The maximum Gasteiger partial charge on any atom is 0.472 e. The Morgan fingerprint density at radius 3 is 1.42 bits per heavy atom.